The molecule has 0 fully saturated rings. The lowest BCUT2D eigenvalue weighted by atomic mass is 10.1. The maximum atomic E-state index is 5.72. The van der Waals surface area contributed by atoms with Gasteiger partial charge in [-0.25, -0.2) is 4.98 Å². The van der Waals surface area contributed by atoms with Crippen LogP contribution >= 0.6 is 12.6 Å². The molecule has 0 aliphatic rings. The monoisotopic (exact) mass is 385 g/mol. The fourth-order valence-corrected chi connectivity index (χ4v) is 3.43. The average Bonchev–Trinajstić information content (AvgIpc) is 3.10. The lowest BCUT2D eigenvalue weighted by molar-refractivity contribution is 0.288. The van der Waals surface area contributed by atoms with Crippen molar-refractivity contribution in [3.8, 4) is 11.5 Å². The van der Waals surface area contributed by atoms with Gasteiger partial charge in [0, 0.05) is 31.4 Å². The first-order valence-corrected chi connectivity index (χ1v) is 9.88. The van der Waals surface area contributed by atoms with E-state index in [4.69, 9.17) is 27.1 Å². The molecule has 3 rings (SSSR count). The highest BCUT2D eigenvalue weighted by molar-refractivity contribution is 7.80. The largest absolute Gasteiger partial charge is 0.490 e. The molecule has 6 heteroatoms. The van der Waals surface area contributed by atoms with Crippen molar-refractivity contribution in [2.75, 3.05) is 31.7 Å². The van der Waals surface area contributed by atoms with Gasteiger partial charge < -0.3 is 19.4 Å². The Labute approximate surface area is 166 Å². The van der Waals surface area contributed by atoms with Crippen molar-refractivity contribution in [2.24, 2.45) is 0 Å². The number of H-pyrrole nitrogens is 1. The molecule has 1 N–H and O–H groups in total. The van der Waals surface area contributed by atoms with E-state index in [1.165, 1.54) is 0 Å². The summed E-state index contributed by atoms with van der Waals surface area (Å²) in [6.45, 7) is 8.14. The summed E-state index contributed by atoms with van der Waals surface area (Å²) in [6, 6.07) is 12.2. The van der Waals surface area contributed by atoms with Gasteiger partial charge in [-0.2, -0.15) is 12.6 Å². The molecule has 0 saturated heterocycles. The normalized spacial score (nSPS) is 12.2. The Morgan fingerprint density at radius 3 is 2.41 bits per heavy atom. The average molecular weight is 386 g/mol. The van der Waals surface area contributed by atoms with Gasteiger partial charge >= 0.3 is 0 Å². The maximum absolute atomic E-state index is 5.72. The molecule has 3 aromatic rings. The van der Waals surface area contributed by atoms with E-state index >= 15 is 0 Å². The van der Waals surface area contributed by atoms with Crippen LogP contribution in [0.4, 0.5) is 5.69 Å². The first-order valence-electron chi connectivity index (χ1n) is 9.36. The molecule has 1 heterocycles. The standard InChI is InChI=1S/C21H27N3O2S/c1-5-24(4)17-11-9-8-10-14(17)20(27)21-22-15-12-18(25-6-2)19(26-7-3)13-16(15)23-21/h8-13,20,27H,5-7H2,1-4H3,(H,22,23). The summed E-state index contributed by atoms with van der Waals surface area (Å²) in [4.78, 5) is 10.4. The molecule has 144 valence electrons. The van der Waals surface area contributed by atoms with E-state index in [0.717, 1.165) is 40.4 Å². The molecule has 5 nitrogen and oxygen atoms in total. The molecular formula is C21H27N3O2S. The second kappa shape index (κ2) is 8.57. The summed E-state index contributed by atoms with van der Waals surface area (Å²) in [5.74, 6) is 2.25. The van der Waals surface area contributed by atoms with Crippen LogP contribution in [0.25, 0.3) is 11.0 Å². The zero-order valence-corrected chi connectivity index (χ0v) is 17.2. The predicted octanol–water partition coefficient (Wildman–Crippen LogP) is 4.84. The minimum Gasteiger partial charge on any atom is -0.490 e. The Balaban J connectivity index is 2.02. The number of para-hydroxylation sites is 1. The van der Waals surface area contributed by atoms with Crippen molar-refractivity contribution in [1.29, 1.82) is 0 Å². The van der Waals surface area contributed by atoms with Crippen LogP contribution in [0, 0.1) is 0 Å². The van der Waals surface area contributed by atoms with Crippen molar-refractivity contribution in [2.45, 2.75) is 26.0 Å². The molecule has 0 spiro atoms. The van der Waals surface area contributed by atoms with Gasteiger partial charge in [0.1, 0.15) is 5.82 Å². The molecule has 0 aliphatic carbocycles. The summed E-state index contributed by atoms with van der Waals surface area (Å²) in [5, 5.41) is -0.159. The molecule has 0 amide bonds. The van der Waals surface area contributed by atoms with E-state index < -0.39 is 0 Å². The molecule has 27 heavy (non-hydrogen) atoms. The fourth-order valence-electron chi connectivity index (χ4n) is 3.09. The second-order valence-corrected chi connectivity index (χ2v) is 6.80. The number of rotatable bonds is 8. The number of fused-ring (bicyclic) bond motifs is 1. The molecule has 2 aromatic carbocycles. The molecule has 0 radical (unpaired) electrons. The number of benzene rings is 2. The molecular weight excluding hydrogens is 358 g/mol. The summed E-state index contributed by atoms with van der Waals surface area (Å²) in [7, 11) is 2.08. The van der Waals surface area contributed by atoms with E-state index in [1.807, 2.05) is 38.1 Å². The number of nitrogens with zero attached hydrogens (tertiary/aromatic N) is 2. The number of imidazole rings is 1. The molecule has 0 aliphatic heterocycles. The number of anilines is 1. The van der Waals surface area contributed by atoms with Gasteiger partial charge in [-0.3, -0.25) is 0 Å². The van der Waals surface area contributed by atoms with E-state index in [2.05, 4.69) is 36.0 Å². The number of hydrogen-bond acceptors (Lipinski definition) is 5. The number of aromatic nitrogens is 2. The number of hydrogen-bond donors (Lipinski definition) is 2. The first kappa shape index (κ1) is 19.4. The van der Waals surface area contributed by atoms with Crippen LogP contribution in [-0.4, -0.2) is 36.8 Å². The Morgan fingerprint density at radius 2 is 1.74 bits per heavy atom. The van der Waals surface area contributed by atoms with E-state index in [-0.39, 0.29) is 5.25 Å². The van der Waals surface area contributed by atoms with Crippen LogP contribution in [0.1, 0.15) is 37.4 Å². The van der Waals surface area contributed by atoms with E-state index in [9.17, 15) is 0 Å². The third-order valence-electron chi connectivity index (χ3n) is 4.54. The minimum atomic E-state index is -0.159. The maximum Gasteiger partial charge on any atom is 0.163 e. The number of aromatic amines is 1. The van der Waals surface area contributed by atoms with Gasteiger partial charge in [-0.1, -0.05) is 18.2 Å². The highest BCUT2D eigenvalue weighted by Crippen LogP contribution is 2.37. The number of ether oxygens (including phenoxy) is 2. The van der Waals surface area contributed by atoms with Gasteiger partial charge in [0.15, 0.2) is 11.5 Å². The van der Waals surface area contributed by atoms with Crippen LogP contribution < -0.4 is 14.4 Å². The molecule has 0 bridgehead atoms. The van der Waals surface area contributed by atoms with E-state index in [0.29, 0.717) is 19.0 Å². The quantitative estimate of drug-likeness (QED) is 0.545. The highest BCUT2D eigenvalue weighted by atomic mass is 32.1. The smallest absolute Gasteiger partial charge is 0.163 e. The zero-order valence-electron chi connectivity index (χ0n) is 16.3. The van der Waals surface area contributed by atoms with Crippen molar-refractivity contribution < 1.29 is 9.47 Å². The van der Waals surface area contributed by atoms with Gasteiger partial charge in [0.2, 0.25) is 0 Å². The number of nitrogens with one attached hydrogen (secondary N) is 1. The van der Waals surface area contributed by atoms with Gasteiger partial charge in [0.25, 0.3) is 0 Å². The van der Waals surface area contributed by atoms with Gasteiger partial charge in [0.05, 0.1) is 29.5 Å². The Bertz CT molecular complexity index is 867. The minimum absolute atomic E-state index is 0.159. The van der Waals surface area contributed by atoms with Gasteiger partial charge in [-0.05, 0) is 32.4 Å². The molecule has 1 unspecified atom stereocenters. The molecule has 0 saturated carbocycles. The topological polar surface area (TPSA) is 50.4 Å². The van der Waals surface area contributed by atoms with Crippen LogP contribution in [0.3, 0.4) is 0 Å². The van der Waals surface area contributed by atoms with Crippen molar-refractivity contribution in [3.63, 3.8) is 0 Å². The first-order chi connectivity index (χ1) is 13.1. The third kappa shape index (κ3) is 4.00. The lowest BCUT2D eigenvalue weighted by Gasteiger charge is -2.22. The van der Waals surface area contributed by atoms with Crippen molar-refractivity contribution in [1.82, 2.24) is 9.97 Å². The summed E-state index contributed by atoms with van der Waals surface area (Å²) >= 11 is 4.87. The molecule has 1 aromatic heterocycles. The van der Waals surface area contributed by atoms with Crippen molar-refractivity contribution >= 4 is 29.3 Å². The van der Waals surface area contributed by atoms with Crippen molar-refractivity contribution in [3.05, 3.63) is 47.8 Å². The Kier molecular flexibility index (Phi) is 6.16. The van der Waals surface area contributed by atoms with Crippen LogP contribution in [-0.2, 0) is 0 Å². The SMILES string of the molecule is CCOc1cc2nc(C(S)c3ccccc3N(C)CC)[nH]c2cc1OCC. The summed E-state index contributed by atoms with van der Waals surface area (Å²) < 4.78 is 11.4. The van der Waals surface area contributed by atoms with Gasteiger partial charge in [-0.15, -0.1) is 0 Å². The summed E-state index contributed by atoms with van der Waals surface area (Å²) in [6.07, 6.45) is 0. The lowest BCUT2D eigenvalue weighted by Crippen LogP contribution is -2.18. The third-order valence-corrected chi connectivity index (χ3v) is 5.06. The fraction of sp³-hybridized carbons (Fsp3) is 0.381. The van der Waals surface area contributed by atoms with E-state index in [1.54, 1.807) is 0 Å². The predicted molar refractivity (Wildman–Crippen MR) is 115 cm³/mol. The summed E-state index contributed by atoms with van der Waals surface area (Å²) in [5.41, 5.74) is 4.04. The van der Waals surface area contributed by atoms with Crippen LogP contribution in [0.5, 0.6) is 11.5 Å². The van der Waals surface area contributed by atoms with Crippen LogP contribution in [0.15, 0.2) is 36.4 Å². The molecule has 1 atom stereocenters. The Morgan fingerprint density at radius 1 is 1.07 bits per heavy atom. The Hall–Kier alpha value is -2.34. The van der Waals surface area contributed by atoms with Crippen LogP contribution in [0.2, 0.25) is 0 Å². The zero-order chi connectivity index (χ0) is 19.4. The number of thiol groups is 1. The highest BCUT2D eigenvalue weighted by Gasteiger charge is 2.19. The second-order valence-electron chi connectivity index (χ2n) is 6.28.